The van der Waals surface area contributed by atoms with Crippen LogP contribution in [0.4, 0.5) is 0 Å². The maximum Gasteiger partial charge on any atom is 0.306 e. The van der Waals surface area contributed by atoms with E-state index in [2.05, 4.69) is 13.8 Å². The van der Waals surface area contributed by atoms with Crippen LogP contribution in [0.15, 0.2) is 24.3 Å². The number of esters is 1. The monoisotopic (exact) mass is 464 g/mol. The zero-order valence-corrected chi connectivity index (χ0v) is 21.2. The molecule has 0 aromatic heterocycles. The van der Waals surface area contributed by atoms with Gasteiger partial charge < -0.3 is 19.3 Å². The molecule has 0 saturated heterocycles. The Morgan fingerprint density at radius 2 is 1.36 bits per heavy atom. The van der Waals surface area contributed by atoms with Crippen LogP contribution >= 0.6 is 0 Å². The van der Waals surface area contributed by atoms with Gasteiger partial charge >= 0.3 is 5.97 Å². The summed E-state index contributed by atoms with van der Waals surface area (Å²) in [5.41, 5.74) is 1.69. The number of aliphatic hydroxyl groups excluding tert-OH is 1. The first-order valence-electron chi connectivity index (χ1n) is 13.3. The number of unbranched alkanes of at least 4 members (excludes halogenated alkanes) is 10. The lowest BCUT2D eigenvalue weighted by Crippen LogP contribution is -2.21. The number of rotatable bonds is 22. The normalized spacial score (nSPS) is 11.3. The van der Waals surface area contributed by atoms with E-state index < -0.39 is 0 Å². The lowest BCUT2D eigenvalue weighted by molar-refractivity contribution is -0.160. The number of aliphatic hydroxyl groups is 1. The minimum absolute atomic E-state index is 0.0185. The molecule has 1 aromatic carbocycles. The van der Waals surface area contributed by atoms with Gasteiger partial charge in [-0.1, -0.05) is 102 Å². The van der Waals surface area contributed by atoms with E-state index in [1.54, 1.807) is 0 Å². The molecular formula is C28H48O5. The molecule has 0 atom stereocenters. The molecule has 0 saturated carbocycles. The van der Waals surface area contributed by atoms with Crippen molar-refractivity contribution >= 4 is 5.97 Å². The topological polar surface area (TPSA) is 65.0 Å². The van der Waals surface area contributed by atoms with Gasteiger partial charge in [0, 0.05) is 19.6 Å². The number of hydrogen-bond donors (Lipinski definition) is 1. The van der Waals surface area contributed by atoms with E-state index in [-0.39, 0.29) is 31.9 Å². The first-order valence-corrected chi connectivity index (χ1v) is 13.3. The summed E-state index contributed by atoms with van der Waals surface area (Å²) >= 11 is 0. The fourth-order valence-electron chi connectivity index (χ4n) is 3.70. The zero-order chi connectivity index (χ0) is 24.0. The third-order valence-electron chi connectivity index (χ3n) is 5.76. The summed E-state index contributed by atoms with van der Waals surface area (Å²) in [5.74, 6) is -0.249. The highest BCUT2D eigenvalue weighted by atomic mass is 16.7. The molecule has 0 fully saturated rings. The molecule has 1 rings (SSSR count). The first kappa shape index (κ1) is 29.6. The van der Waals surface area contributed by atoms with Gasteiger partial charge in [0.15, 0.2) is 6.29 Å². The van der Waals surface area contributed by atoms with E-state index in [0.717, 1.165) is 24.0 Å². The van der Waals surface area contributed by atoms with Crippen molar-refractivity contribution in [2.24, 2.45) is 0 Å². The number of carbonyl (C=O) groups is 1. The van der Waals surface area contributed by atoms with Crippen molar-refractivity contribution in [3.05, 3.63) is 35.4 Å². The number of ether oxygens (including phenoxy) is 3. The van der Waals surface area contributed by atoms with Crippen LogP contribution < -0.4 is 0 Å². The van der Waals surface area contributed by atoms with Crippen LogP contribution in [0.25, 0.3) is 0 Å². The molecule has 0 bridgehead atoms. The Bertz CT molecular complexity index is 571. The van der Waals surface area contributed by atoms with Crippen LogP contribution in [0.1, 0.15) is 115 Å². The van der Waals surface area contributed by atoms with Crippen LogP contribution in [0.3, 0.4) is 0 Å². The van der Waals surface area contributed by atoms with Crippen molar-refractivity contribution in [2.75, 3.05) is 13.2 Å². The number of carbonyl (C=O) groups excluding carboxylic acids is 1. The zero-order valence-electron chi connectivity index (χ0n) is 21.2. The second kappa shape index (κ2) is 21.1. The average Bonchev–Trinajstić information content (AvgIpc) is 2.84. The Hall–Kier alpha value is -1.43. The van der Waals surface area contributed by atoms with E-state index in [0.29, 0.717) is 19.6 Å². The standard InChI is InChI=1S/C28H48O5/c1-3-5-7-9-11-13-20-31-28(32-21-14-12-10-8-6-4-2)19-18-27(30)33-24-26-17-15-16-25(22-26)23-29/h15-17,22,28-29H,3-14,18-21,23-24H2,1-2H3. The molecule has 5 heteroatoms. The van der Waals surface area contributed by atoms with Crippen molar-refractivity contribution in [3.63, 3.8) is 0 Å². The highest BCUT2D eigenvalue weighted by Crippen LogP contribution is 2.13. The maximum atomic E-state index is 12.2. The molecule has 5 nitrogen and oxygen atoms in total. The summed E-state index contributed by atoms with van der Waals surface area (Å²) in [6, 6.07) is 7.45. The molecule has 0 aliphatic rings. The Morgan fingerprint density at radius 1 is 0.818 bits per heavy atom. The Balaban J connectivity index is 2.31. The minimum atomic E-state index is -0.346. The van der Waals surface area contributed by atoms with Gasteiger partial charge in [-0.05, 0) is 24.0 Å². The second-order valence-corrected chi connectivity index (χ2v) is 8.88. The fourth-order valence-corrected chi connectivity index (χ4v) is 3.70. The summed E-state index contributed by atoms with van der Waals surface area (Å²) in [7, 11) is 0. The van der Waals surface area contributed by atoms with Gasteiger partial charge in [0.05, 0.1) is 13.0 Å². The third kappa shape index (κ3) is 16.8. The molecular weight excluding hydrogens is 416 g/mol. The Morgan fingerprint density at radius 3 is 1.94 bits per heavy atom. The van der Waals surface area contributed by atoms with E-state index in [1.807, 2.05) is 24.3 Å². The minimum Gasteiger partial charge on any atom is -0.461 e. The lowest BCUT2D eigenvalue weighted by atomic mass is 10.1. The summed E-state index contributed by atoms with van der Waals surface area (Å²) in [5, 5.41) is 9.23. The summed E-state index contributed by atoms with van der Waals surface area (Å²) in [4.78, 5) is 12.2. The second-order valence-electron chi connectivity index (χ2n) is 8.88. The molecule has 1 aromatic rings. The molecule has 33 heavy (non-hydrogen) atoms. The van der Waals surface area contributed by atoms with Gasteiger partial charge in [-0.2, -0.15) is 0 Å². The van der Waals surface area contributed by atoms with Crippen LogP contribution in [-0.4, -0.2) is 30.6 Å². The SMILES string of the molecule is CCCCCCCCOC(CCC(=O)OCc1cccc(CO)c1)OCCCCCCCC. The van der Waals surface area contributed by atoms with E-state index in [4.69, 9.17) is 14.2 Å². The summed E-state index contributed by atoms with van der Waals surface area (Å²) in [6.45, 7) is 6.01. The van der Waals surface area contributed by atoms with Gasteiger partial charge in [0.1, 0.15) is 6.61 Å². The van der Waals surface area contributed by atoms with Crippen molar-refractivity contribution < 1.29 is 24.1 Å². The van der Waals surface area contributed by atoms with Crippen LogP contribution in [0.5, 0.6) is 0 Å². The lowest BCUT2D eigenvalue weighted by Gasteiger charge is -2.18. The predicted octanol–water partition coefficient (Wildman–Crippen LogP) is 7.08. The van der Waals surface area contributed by atoms with Crippen molar-refractivity contribution in [3.8, 4) is 0 Å². The maximum absolute atomic E-state index is 12.2. The fraction of sp³-hybridized carbons (Fsp3) is 0.750. The van der Waals surface area contributed by atoms with Crippen molar-refractivity contribution in [2.45, 2.75) is 123 Å². The molecule has 190 valence electrons. The quantitative estimate of drug-likeness (QED) is 0.113. The summed E-state index contributed by atoms with van der Waals surface area (Å²) < 4.78 is 17.4. The molecule has 0 amide bonds. The van der Waals surface area contributed by atoms with Crippen molar-refractivity contribution in [1.82, 2.24) is 0 Å². The van der Waals surface area contributed by atoms with Crippen LogP contribution in [0.2, 0.25) is 0 Å². The average molecular weight is 465 g/mol. The molecule has 1 N–H and O–H groups in total. The predicted molar refractivity (Wildman–Crippen MR) is 134 cm³/mol. The highest BCUT2D eigenvalue weighted by molar-refractivity contribution is 5.69. The smallest absolute Gasteiger partial charge is 0.306 e. The van der Waals surface area contributed by atoms with E-state index in [9.17, 15) is 9.90 Å². The summed E-state index contributed by atoms with van der Waals surface area (Å²) in [6.07, 6.45) is 15.1. The Labute approximate surface area is 202 Å². The van der Waals surface area contributed by atoms with Gasteiger partial charge in [-0.25, -0.2) is 0 Å². The molecule has 0 unspecified atom stereocenters. The third-order valence-corrected chi connectivity index (χ3v) is 5.76. The molecule has 0 aliphatic carbocycles. The molecule has 0 heterocycles. The van der Waals surface area contributed by atoms with Gasteiger partial charge in [0.25, 0.3) is 0 Å². The van der Waals surface area contributed by atoms with Gasteiger partial charge in [-0.15, -0.1) is 0 Å². The largest absolute Gasteiger partial charge is 0.461 e. The van der Waals surface area contributed by atoms with Crippen LogP contribution in [-0.2, 0) is 32.2 Å². The molecule has 0 aliphatic heterocycles. The van der Waals surface area contributed by atoms with Gasteiger partial charge in [-0.3, -0.25) is 4.79 Å². The van der Waals surface area contributed by atoms with E-state index >= 15 is 0 Å². The van der Waals surface area contributed by atoms with Crippen LogP contribution in [0, 0.1) is 0 Å². The number of hydrogen-bond acceptors (Lipinski definition) is 5. The molecule has 0 radical (unpaired) electrons. The number of benzene rings is 1. The van der Waals surface area contributed by atoms with Crippen molar-refractivity contribution in [1.29, 1.82) is 0 Å². The highest BCUT2D eigenvalue weighted by Gasteiger charge is 2.13. The van der Waals surface area contributed by atoms with Gasteiger partial charge in [0.2, 0.25) is 0 Å². The molecule has 0 spiro atoms. The van der Waals surface area contributed by atoms with E-state index in [1.165, 1.54) is 64.2 Å². The Kier molecular flexibility index (Phi) is 19.0. The first-order chi connectivity index (χ1) is 16.2.